The van der Waals surface area contributed by atoms with Gasteiger partial charge in [0.2, 0.25) is 5.91 Å². The largest absolute Gasteiger partial charge is 0.353 e. The number of carbonyl (C=O) groups is 1. The van der Waals surface area contributed by atoms with Gasteiger partial charge in [-0.15, -0.1) is 0 Å². The van der Waals surface area contributed by atoms with Gasteiger partial charge in [0.25, 0.3) is 0 Å². The molecule has 4 nitrogen and oxygen atoms in total. The molecule has 1 amide bonds. The summed E-state index contributed by atoms with van der Waals surface area (Å²) in [5.74, 6) is 0.168. The number of hydrogen-bond donors (Lipinski definition) is 1. The number of hydrogen-bond acceptors (Lipinski definition) is 2. The molecule has 3 rings (SSSR count). The van der Waals surface area contributed by atoms with Crippen LogP contribution in [0.5, 0.6) is 0 Å². The first-order chi connectivity index (χ1) is 9.29. The fourth-order valence-corrected chi connectivity index (χ4v) is 2.48. The molecule has 0 radical (unpaired) electrons. The van der Waals surface area contributed by atoms with Crippen LogP contribution >= 0.6 is 0 Å². The lowest BCUT2D eigenvalue weighted by Crippen LogP contribution is -2.26. The highest BCUT2D eigenvalue weighted by atomic mass is 16.1. The van der Waals surface area contributed by atoms with Crippen molar-refractivity contribution < 1.29 is 4.79 Å². The minimum absolute atomic E-state index is 0.168. The summed E-state index contributed by atoms with van der Waals surface area (Å²) >= 11 is 0. The molecular formula is C15H17N3O. The lowest BCUT2D eigenvalue weighted by molar-refractivity contribution is -0.119. The van der Waals surface area contributed by atoms with E-state index in [9.17, 15) is 4.79 Å². The van der Waals surface area contributed by atoms with Crippen LogP contribution in [0, 0.1) is 0 Å². The molecule has 1 aliphatic heterocycles. The van der Waals surface area contributed by atoms with Crippen LogP contribution in [0.3, 0.4) is 0 Å². The van der Waals surface area contributed by atoms with Crippen molar-refractivity contribution in [2.45, 2.75) is 31.8 Å². The van der Waals surface area contributed by atoms with Crippen molar-refractivity contribution in [3.63, 3.8) is 0 Å². The molecule has 0 spiro atoms. The zero-order valence-electron chi connectivity index (χ0n) is 10.7. The van der Waals surface area contributed by atoms with E-state index in [1.165, 1.54) is 11.1 Å². The monoisotopic (exact) mass is 255 g/mol. The van der Waals surface area contributed by atoms with Crippen molar-refractivity contribution in [1.29, 1.82) is 0 Å². The normalized spacial score (nSPS) is 18.5. The summed E-state index contributed by atoms with van der Waals surface area (Å²) in [7, 11) is 0. The van der Waals surface area contributed by atoms with Crippen molar-refractivity contribution >= 4 is 5.91 Å². The van der Waals surface area contributed by atoms with E-state index in [-0.39, 0.29) is 11.9 Å². The van der Waals surface area contributed by atoms with Gasteiger partial charge in [-0.2, -0.15) is 5.10 Å². The third kappa shape index (κ3) is 3.02. The predicted octanol–water partition coefficient (Wildman–Crippen LogP) is 1.75. The predicted molar refractivity (Wildman–Crippen MR) is 72.6 cm³/mol. The molecule has 0 saturated carbocycles. The Bertz CT molecular complexity index is 562. The van der Waals surface area contributed by atoms with E-state index in [0.717, 1.165) is 19.4 Å². The number of benzene rings is 1. The van der Waals surface area contributed by atoms with Gasteiger partial charge in [0.15, 0.2) is 0 Å². The third-order valence-electron chi connectivity index (χ3n) is 3.44. The first-order valence-electron chi connectivity index (χ1n) is 6.64. The molecule has 0 unspecified atom stereocenters. The molecule has 0 bridgehead atoms. The minimum Gasteiger partial charge on any atom is -0.353 e. The number of carbonyl (C=O) groups excluding carboxylic acids is 1. The second kappa shape index (κ2) is 5.26. The zero-order valence-corrected chi connectivity index (χ0v) is 10.7. The van der Waals surface area contributed by atoms with Crippen LogP contribution in [-0.2, 0) is 17.8 Å². The van der Waals surface area contributed by atoms with Gasteiger partial charge in [-0.3, -0.25) is 9.48 Å². The lowest BCUT2D eigenvalue weighted by atomic mass is 10.1. The number of aromatic nitrogens is 2. The molecule has 1 aliphatic rings. The summed E-state index contributed by atoms with van der Waals surface area (Å²) in [6.07, 6.45) is 6.43. The standard InChI is InChI=1S/C15H17N3O/c19-15-7-6-14(17-15)8-13-9-16-18(11-13)10-12-4-2-1-3-5-12/h1-5,9,11,14H,6-8,10H2,(H,17,19)/t14-/m0/s1. The summed E-state index contributed by atoms with van der Waals surface area (Å²) in [6, 6.07) is 10.6. The Kier molecular flexibility index (Phi) is 3.31. The van der Waals surface area contributed by atoms with Crippen molar-refractivity contribution in [2.75, 3.05) is 0 Å². The highest BCUT2D eigenvalue weighted by Gasteiger charge is 2.21. The average Bonchev–Trinajstić information content (AvgIpc) is 3.01. The van der Waals surface area contributed by atoms with E-state index in [1.807, 2.05) is 29.1 Å². The van der Waals surface area contributed by atoms with E-state index in [2.05, 4.69) is 28.7 Å². The maximum Gasteiger partial charge on any atom is 0.220 e. The number of amides is 1. The van der Waals surface area contributed by atoms with Crippen LogP contribution in [0.15, 0.2) is 42.7 Å². The Labute approximate surface area is 112 Å². The van der Waals surface area contributed by atoms with E-state index in [1.54, 1.807) is 0 Å². The van der Waals surface area contributed by atoms with Gasteiger partial charge in [0.1, 0.15) is 0 Å². The van der Waals surface area contributed by atoms with Gasteiger partial charge in [-0.1, -0.05) is 30.3 Å². The first kappa shape index (κ1) is 12.0. The summed E-state index contributed by atoms with van der Waals surface area (Å²) in [4.78, 5) is 11.2. The topological polar surface area (TPSA) is 46.9 Å². The number of nitrogens with one attached hydrogen (secondary N) is 1. The fraction of sp³-hybridized carbons (Fsp3) is 0.333. The highest BCUT2D eigenvalue weighted by Crippen LogP contribution is 2.13. The summed E-state index contributed by atoms with van der Waals surface area (Å²) in [5, 5.41) is 7.36. The highest BCUT2D eigenvalue weighted by molar-refractivity contribution is 5.78. The van der Waals surface area contributed by atoms with E-state index in [4.69, 9.17) is 0 Å². The van der Waals surface area contributed by atoms with Crippen molar-refractivity contribution in [3.8, 4) is 0 Å². The Morgan fingerprint density at radius 3 is 2.84 bits per heavy atom. The summed E-state index contributed by atoms with van der Waals surface area (Å²) in [5.41, 5.74) is 2.43. The molecule has 0 aliphatic carbocycles. The van der Waals surface area contributed by atoms with E-state index < -0.39 is 0 Å². The smallest absolute Gasteiger partial charge is 0.220 e. The maximum absolute atomic E-state index is 11.2. The van der Waals surface area contributed by atoms with Gasteiger partial charge in [-0.05, 0) is 24.0 Å². The van der Waals surface area contributed by atoms with Gasteiger partial charge >= 0.3 is 0 Å². The molecule has 4 heteroatoms. The van der Waals surface area contributed by atoms with Gasteiger partial charge < -0.3 is 5.32 Å². The minimum atomic E-state index is 0.168. The molecule has 1 aromatic heterocycles. The molecule has 1 fully saturated rings. The average molecular weight is 255 g/mol. The Balaban J connectivity index is 1.62. The van der Waals surface area contributed by atoms with Gasteiger partial charge in [-0.25, -0.2) is 0 Å². The fourth-order valence-electron chi connectivity index (χ4n) is 2.48. The summed E-state index contributed by atoms with van der Waals surface area (Å²) in [6.45, 7) is 0.790. The maximum atomic E-state index is 11.2. The first-order valence-corrected chi connectivity index (χ1v) is 6.64. The molecule has 1 aromatic carbocycles. The van der Waals surface area contributed by atoms with Crippen molar-refractivity contribution in [1.82, 2.24) is 15.1 Å². The molecule has 2 heterocycles. The van der Waals surface area contributed by atoms with Crippen molar-refractivity contribution in [3.05, 3.63) is 53.9 Å². The van der Waals surface area contributed by atoms with Crippen LogP contribution in [0.4, 0.5) is 0 Å². The molecule has 1 saturated heterocycles. The van der Waals surface area contributed by atoms with Crippen LogP contribution in [0.1, 0.15) is 24.0 Å². The van der Waals surface area contributed by atoms with Crippen LogP contribution in [0.25, 0.3) is 0 Å². The SMILES string of the molecule is O=C1CC[C@@H](Cc2cnn(Cc3ccccc3)c2)N1. The second-order valence-corrected chi connectivity index (χ2v) is 5.04. The number of nitrogens with zero attached hydrogens (tertiary/aromatic N) is 2. The van der Waals surface area contributed by atoms with E-state index >= 15 is 0 Å². The molecular weight excluding hydrogens is 238 g/mol. The Morgan fingerprint density at radius 1 is 1.26 bits per heavy atom. The Morgan fingerprint density at radius 2 is 2.11 bits per heavy atom. The zero-order chi connectivity index (χ0) is 13.1. The molecule has 19 heavy (non-hydrogen) atoms. The van der Waals surface area contributed by atoms with Crippen LogP contribution in [-0.4, -0.2) is 21.7 Å². The van der Waals surface area contributed by atoms with Gasteiger partial charge in [0, 0.05) is 18.7 Å². The summed E-state index contributed by atoms with van der Waals surface area (Å²) < 4.78 is 1.95. The molecule has 98 valence electrons. The number of rotatable bonds is 4. The molecule has 1 atom stereocenters. The Hall–Kier alpha value is -2.10. The van der Waals surface area contributed by atoms with E-state index in [0.29, 0.717) is 6.42 Å². The second-order valence-electron chi connectivity index (χ2n) is 5.04. The van der Waals surface area contributed by atoms with Crippen LogP contribution in [0.2, 0.25) is 0 Å². The quantitative estimate of drug-likeness (QED) is 0.904. The molecule has 1 N–H and O–H groups in total. The van der Waals surface area contributed by atoms with Crippen molar-refractivity contribution in [2.24, 2.45) is 0 Å². The van der Waals surface area contributed by atoms with Gasteiger partial charge in [0.05, 0.1) is 12.7 Å². The molecule has 2 aromatic rings. The third-order valence-corrected chi connectivity index (χ3v) is 3.44. The lowest BCUT2D eigenvalue weighted by Gasteiger charge is -2.07. The van der Waals surface area contributed by atoms with Crippen LogP contribution < -0.4 is 5.32 Å².